The van der Waals surface area contributed by atoms with Crippen molar-refractivity contribution in [3.8, 4) is 0 Å². The van der Waals surface area contributed by atoms with Crippen molar-refractivity contribution in [2.75, 3.05) is 31.1 Å². The van der Waals surface area contributed by atoms with Gasteiger partial charge in [-0.2, -0.15) is 0 Å². The highest BCUT2D eigenvalue weighted by molar-refractivity contribution is 5.79. The Balaban J connectivity index is 1.70. The maximum absolute atomic E-state index is 11.9. The van der Waals surface area contributed by atoms with Crippen LogP contribution in [0.1, 0.15) is 19.8 Å². The van der Waals surface area contributed by atoms with Crippen molar-refractivity contribution in [3.63, 3.8) is 0 Å². The number of imidazole rings is 1. The molecule has 1 saturated heterocycles. The minimum atomic E-state index is -0.183. The van der Waals surface area contributed by atoms with Crippen molar-refractivity contribution in [2.45, 2.75) is 19.8 Å². The monoisotopic (exact) mass is 288 g/mol. The van der Waals surface area contributed by atoms with Gasteiger partial charge in [0.05, 0.1) is 11.0 Å². The summed E-state index contributed by atoms with van der Waals surface area (Å²) < 4.78 is 0. The van der Waals surface area contributed by atoms with E-state index < -0.39 is 0 Å². The van der Waals surface area contributed by atoms with E-state index >= 15 is 0 Å². The lowest BCUT2D eigenvalue weighted by molar-refractivity contribution is -0.131. The van der Waals surface area contributed by atoms with Gasteiger partial charge in [0.1, 0.15) is 0 Å². The Labute approximate surface area is 122 Å². The van der Waals surface area contributed by atoms with Gasteiger partial charge >= 0.3 is 5.69 Å². The van der Waals surface area contributed by atoms with E-state index in [1.54, 1.807) is 0 Å². The third-order valence-corrected chi connectivity index (χ3v) is 3.96. The molecule has 2 aromatic rings. The van der Waals surface area contributed by atoms with Gasteiger partial charge in [0.2, 0.25) is 5.91 Å². The number of nitrogens with one attached hydrogen (secondary N) is 2. The van der Waals surface area contributed by atoms with Gasteiger partial charge in [-0.1, -0.05) is 6.92 Å². The number of carbonyl (C=O) groups excluding carboxylic acids is 1. The fourth-order valence-corrected chi connectivity index (χ4v) is 2.80. The molecule has 0 radical (unpaired) electrons. The first-order valence-electron chi connectivity index (χ1n) is 7.42. The van der Waals surface area contributed by atoms with Gasteiger partial charge in [-0.3, -0.25) is 4.79 Å². The van der Waals surface area contributed by atoms with Gasteiger partial charge in [-0.15, -0.1) is 0 Å². The Morgan fingerprint density at radius 3 is 2.57 bits per heavy atom. The van der Waals surface area contributed by atoms with Crippen LogP contribution in [0.4, 0.5) is 5.69 Å². The second kappa shape index (κ2) is 5.63. The molecule has 1 aliphatic rings. The average Bonchev–Trinajstić information content (AvgIpc) is 2.86. The van der Waals surface area contributed by atoms with E-state index in [-0.39, 0.29) is 11.6 Å². The van der Waals surface area contributed by atoms with Crippen molar-refractivity contribution in [2.24, 2.45) is 0 Å². The van der Waals surface area contributed by atoms with E-state index in [1.807, 2.05) is 30.0 Å². The van der Waals surface area contributed by atoms with Crippen LogP contribution < -0.4 is 10.6 Å². The van der Waals surface area contributed by atoms with Crippen molar-refractivity contribution >= 4 is 22.6 Å². The van der Waals surface area contributed by atoms with Crippen LogP contribution in [0.15, 0.2) is 23.0 Å². The van der Waals surface area contributed by atoms with E-state index in [0.29, 0.717) is 6.42 Å². The number of hydrogen-bond donors (Lipinski definition) is 2. The van der Waals surface area contributed by atoms with Crippen LogP contribution in [-0.2, 0) is 4.79 Å². The second-order valence-corrected chi connectivity index (χ2v) is 5.43. The van der Waals surface area contributed by atoms with Crippen LogP contribution in [0, 0.1) is 0 Å². The first kappa shape index (κ1) is 13.7. The lowest BCUT2D eigenvalue weighted by atomic mass is 10.2. The number of rotatable bonds is 3. The number of amides is 1. The minimum absolute atomic E-state index is 0.183. The lowest BCUT2D eigenvalue weighted by Crippen LogP contribution is -2.48. The normalized spacial score (nSPS) is 15.7. The quantitative estimate of drug-likeness (QED) is 0.894. The fraction of sp³-hybridized carbons (Fsp3) is 0.467. The molecule has 0 saturated carbocycles. The third kappa shape index (κ3) is 2.79. The molecule has 1 fully saturated rings. The largest absolute Gasteiger partial charge is 0.368 e. The lowest BCUT2D eigenvalue weighted by Gasteiger charge is -2.36. The summed E-state index contributed by atoms with van der Waals surface area (Å²) in [4.78, 5) is 32.9. The summed E-state index contributed by atoms with van der Waals surface area (Å²) in [6.45, 7) is 5.22. The molecule has 21 heavy (non-hydrogen) atoms. The molecule has 2 heterocycles. The number of benzene rings is 1. The smallest absolute Gasteiger partial charge is 0.323 e. The summed E-state index contributed by atoms with van der Waals surface area (Å²) in [5, 5.41) is 0. The highest BCUT2D eigenvalue weighted by Crippen LogP contribution is 2.20. The molecule has 1 aliphatic heterocycles. The molecule has 0 spiro atoms. The van der Waals surface area contributed by atoms with Gasteiger partial charge in [0.25, 0.3) is 0 Å². The number of anilines is 1. The van der Waals surface area contributed by atoms with Crippen LogP contribution in [0.5, 0.6) is 0 Å². The number of hydrogen-bond acceptors (Lipinski definition) is 3. The van der Waals surface area contributed by atoms with Gasteiger partial charge < -0.3 is 19.8 Å². The molecule has 1 aromatic heterocycles. The second-order valence-electron chi connectivity index (χ2n) is 5.43. The molecule has 6 heteroatoms. The van der Waals surface area contributed by atoms with Gasteiger partial charge in [0.15, 0.2) is 0 Å². The van der Waals surface area contributed by atoms with Gasteiger partial charge in [-0.25, -0.2) is 4.79 Å². The van der Waals surface area contributed by atoms with E-state index in [0.717, 1.165) is 49.3 Å². The molecule has 0 unspecified atom stereocenters. The molecule has 3 rings (SSSR count). The van der Waals surface area contributed by atoms with Crippen molar-refractivity contribution < 1.29 is 4.79 Å². The molecule has 112 valence electrons. The van der Waals surface area contributed by atoms with Crippen LogP contribution in [-0.4, -0.2) is 47.0 Å². The summed E-state index contributed by atoms with van der Waals surface area (Å²) >= 11 is 0. The third-order valence-electron chi connectivity index (χ3n) is 3.96. The number of fused-ring (bicyclic) bond motifs is 1. The van der Waals surface area contributed by atoms with E-state index in [2.05, 4.69) is 14.9 Å². The molecular formula is C15H20N4O2. The molecule has 0 atom stereocenters. The van der Waals surface area contributed by atoms with Crippen LogP contribution in [0.2, 0.25) is 0 Å². The SMILES string of the molecule is CCCC(=O)N1CCN(c2ccc3[nH]c(=O)[nH]c3c2)CC1. The Morgan fingerprint density at radius 2 is 1.86 bits per heavy atom. The molecule has 1 amide bonds. The zero-order valence-corrected chi connectivity index (χ0v) is 12.2. The first-order valence-corrected chi connectivity index (χ1v) is 7.42. The number of aromatic amines is 2. The van der Waals surface area contributed by atoms with Crippen molar-refractivity contribution in [1.29, 1.82) is 0 Å². The molecule has 0 bridgehead atoms. The maximum Gasteiger partial charge on any atom is 0.323 e. The predicted molar refractivity (Wildman–Crippen MR) is 82.6 cm³/mol. The summed E-state index contributed by atoms with van der Waals surface area (Å²) in [5.41, 5.74) is 2.54. The molecule has 1 aromatic carbocycles. The number of aromatic nitrogens is 2. The first-order chi connectivity index (χ1) is 10.2. The topological polar surface area (TPSA) is 72.2 Å². The zero-order chi connectivity index (χ0) is 14.8. The van der Waals surface area contributed by atoms with Gasteiger partial charge in [0, 0.05) is 38.3 Å². The number of nitrogens with zero attached hydrogens (tertiary/aromatic N) is 2. The number of piperazine rings is 1. The highest BCUT2D eigenvalue weighted by atomic mass is 16.2. The standard InChI is InChI=1S/C15H20N4O2/c1-2-3-14(20)19-8-6-18(7-9-19)11-4-5-12-13(10-11)17-15(21)16-12/h4-5,10H,2-3,6-9H2,1H3,(H2,16,17,21). The Hall–Kier alpha value is -2.24. The summed E-state index contributed by atoms with van der Waals surface area (Å²) in [6, 6.07) is 5.91. The molecule has 6 nitrogen and oxygen atoms in total. The molecule has 0 aliphatic carbocycles. The Kier molecular flexibility index (Phi) is 3.68. The van der Waals surface area contributed by atoms with E-state index in [9.17, 15) is 9.59 Å². The van der Waals surface area contributed by atoms with Crippen LogP contribution in [0.3, 0.4) is 0 Å². The Morgan fingerprint density at radius 1 is 1.14 bits per heavy atom. The maximum atomic E-state index is 11.9. The highest BCUT2D eigenvalue weighted by Gasteiger charge is 2.20. The number of H-pyrrole nitrogens is 2. The summed E-state index contributed by atoms with van der Waals surface area (Å²) in [5.74, 6) is 0.252. The summed E-state index contributed by atoms with van der Waals surface area (Å²) in [7, 11) is 0. The molecular weight excluding hydrogens is 268 g/mol. The van der Waals surface area contributed by atoms with E-state index in [1.165, 1.54) is 0 Å². The summed E-state index contributed by atoms with van der Waals surface area (Å²) in [6.07, 6.45) is 1.53. The van der Waals surface area contributed by atoms with Crippen LogP contribution >= 0.6 is 0 Å². The molecule has 2 N–H and O–H groups in total. The van der Waals surface area contributed by atoms with E-state index in [4.69, 9.17) is 0 Å². The minimum Gasteiger partial charge on any atom is -0.368 e. The zero-order valence-electron chi connectivity index (χ0n) is 12.2. The fourth-order valence-electron chi connectivity index (χ4n) is 2.80. The Bertz CT molecular complexity index is 695. The average molecular weight is 288 g/mol. The van der Waals surface area contributed by atoms with Crippen molar-refractivity contribution in [3.05, 3.63) is 28.7 Å². The predicted octanol–water partition coefficient (Wildman–Crippen LogP) is 1.30. The van der Waals surface area contributed by atoms with Crippen molar-refractivity contribution in [1.82, 2.24) is 14.9 Å². The number of carbonyl (C=O) groups is 1. The van der Waals surface area contributed by atoms with Crippen LogP contribution in [0.25, 0.3) is 11.0 Å². The van der Waals surface area contributed by atoms with Gasteiger partial charge in [-0.05, 0) is 24.6 Å².